The van der Waals surface area contributed by atoms with E-state index in [2.05, 4.69) is 22.3 Å². The number of carbonyl (C=O) groups is 2. The van der Waals surface area contributed by atoms with E-state index in [1.165, 1.54) is 5.56 Å². The van der Waals surface area contributed by atoms with Gasteiger partial charge in [0.25, 0.3) is 5.91 Å². The van der Waals surface area contributed by atoms with Gasteiger partial charge in [0, 0.05) is 25.2 Å². The summed E-state index contributed by atoms with van der Waals surface area (Å²) >= 11 is 0. The van der Waals surface area contributed by atoms with Gasteiger partial charge in [-0.15, -0.1) is 0 Å². The van der Waals surface area contributed by atoms with Crippen LogP contribution in [-0.2, 0) is 20.8 Å². The third-order valence-electron chi connectivity index (χ3n) is 4.62. The maximum atomic E-state index is 12.2. The molecule has 0 aliphatic carbocycles. The molecule has 1 saturated heterocycles. The topological polar surface area (TPSA) is 67.9 Å². The average molecular weight is 382 g/mol. The Kier molecular flexibility index (Phi) is 7.17. The zero-order chi connectivity index (χ0) is 19.8. The molecular weight excluding hydrogens is 356 g/mol. The van der Waals surface area contributed by atoms with Gasteiger partial charge < -0.3 is 14.8 Å². The molecule has 2 aromatic rings. The summed E-state index contributed by atoms with van der Waals surface area (Å²) in [5, 5.41) is 2.66. The Morgan fingerprint density at radius 3 is 2.54 bits per heavy atom. The van der Waals surface area contributed by atoms with Crippen LogP contribution in [0.25, 0.3) is 0 Å². The molecule has 2 atom stereocenters. The molecule has 1 N–H and O–H groups in total. The molecule has 1 heterocycles. The first-order chi connectivity index (χ1) is 13.6. The van der Waals surface area contributed by atoms with Crippen LogP contribution >= 0.6 is 0 Å². The second-order valence-corrected chi connectivity index (χ2v) is 6.90. The number of amides is 1. The number of benzene rings is 2. The monoisotopic (exact) mass is 382 g/mol. The Morgan fingerprint density at radius 2 is 1.82 bits per heavy atom. The molecule has 0 aromatic heterocycles. The van der Waals surface area contributed by atoms with Crippen molar-refractivity contribution < 1.29 is 19.1 Å². The van der Waals surface area contributed by atoms with Crippen molar-refractivity contribution in [2.45, 2.75) is 25.6 Å². The summed E-state index contributed by atoms with van der Waals surface area (Å²) in [4.78, 5) is 26.6. The highest BCUT2D eigenvalue weighted by Gasteiger charge is 2.24. The summed E-state index contributed by atoms with van der Waals surface area (Å²) in [6.07, 6.45) is -0.168. The first-order valence-electron chi connectivity index (χ1n) is 9.52. The quantitative estimate of drug-likeness (QED) is 0.744. The Hall–Kier alpha value is -2.70. The number of ether oxygens (including phenoxy) is 2. The van der Waals surface area contributed by atoms with Crippen LogP contribution in [0.15, 0.2) is 60.7 Å². The molecule has 1 fully saturated rings. The number of nitrogens with zero attached hydrogens (tertiary/aromatic N) is 1. The van der Waals surface area contributed by atoms with E-state index in [1.807, 2.05) is 24.3 Å². The van der Waals surface area contributed by atoms with Gasteiger partial charge in [-0.3, -0.25) is 9.69 Å². The number of carbonyl (C=O) groups excluding carboxylic acids is 2. The fourth-order valence-corrected chi connectivity index (χ4v) is 3.09. The zero-order valence-electron chi connectivity index (χ0n) is 16.0. The second-order valence-electron chi connectivity index (χ2n) is 6.90. The molecule has 1 amide bonds. The van der Waals surface area contributed by atoms with Crippen LogP contribution in [0, 0.1) is 0 Å². The lowest BCUT2D eigenvalue weighted by atomic mass is 10.2. The van der Waals surface area contributed by atoms with Crippen molar-refractivity contribution in [2.75, 3.05) is 26.3 Å². The van der Waals surface area contributed by atoms with Gasteiger partial charge in [0.1, 0.15) is 18.8 Å². The molecule has 6 nitrogen and oxygen atoms in total. The van der Waals surface area contributed by atoms with Crippen molar-refractivity contribution in [1.82, 2.24) is 10.2 Å². The van der Waals surface area contributed by atoms with Crippen LogP contribution in [0.2, 0.25) is 0 Å². The van der Waals surface area contributed by atoms with E-state index >= 15 is 0 Å². The lowest BCUT2D eigenvalue weighted by molar-refractivity contribution is -0.152. The molecule has 28 heavy (non-hydrogen) atoms. The first-order valence-corrected chi connectivity index (χ1v) is 9.52. The molecule has 148 valence electrons. The summed E-state index contributed by atoms with van der Waals surface area (Å²) in [5.41, 5.74) is 1.76. The van der Waals surface area contributed by atoms with Crippen LogP contribution in [0.4, 0.5) is 0 Å². The minimum absolute atomic E-state index is 0.168. The molecule has 0 bridgehead atoms. The van der Waals surface area contributed by atoms with E-state index in [0.29, 0.717) is 18.7 Å². The van der Waals surface area contributed by atoms with Crippen molar-refractivity contribution >= 4 is 11.9 Å². The molecule has 2 unspecified atom stereocenters. The average Bonchev–Trinajstić information content (AvgIpc) is 2.73. The Morgan fingerprint density at radius 1 is 1.14 bits per heavy atom. The van der Waals surface area contributed by atoms with Crippen molar-refractivity contribution in [3.8, 4) is 0 Å². The van der Waals surface area contributed by atoms with Gasteiger partial charge >= 0.3 is 5.97 Å². The van der Waals surface area contributed by atoms with E-state index in [9.17, 15) is 9.59 Å². The van der Waals surface area contributed by atoms with Gasteiger partial charge in [-0.1, -0.05) is 48.5 Å². The number of esters is 1. The van der Waals surface area contributed by atoms with Gasteiger partial charge in [0.05, 0.1) is 6.61 Å². The predicted octanol–water partition coefficient (Wildman–Crippen LogP) is 2.25. The van der Waals surface area contributed by atoms with Crippen molar-refractivity contribution in [3.05, 3.63) is 71.8 Å². The van der Waals surface area contributed by atoms with Gasteiger partial charge in [0.2, 0.25) is 0 Å². The molecule has 1 aliphatic heterocycles. The highest BCUT2D eigenvalue weighted by molar-refractivity contribution is 5.96. The Balaban J connectivity index is 1.42. The number of nitrogens with one attached hydrogen (secondary N) is 1. The minimum atomic E-state index is -0.725. The van der Waals surface area contributed by atoms with Crippen LogP contribution in [0.1, 0.15) is 22.8 Å². The third-order valence-corrected chi connectivity index (χ3v) is 4.62. The fourth-order valence-electron chi connectivity index (χ4n) is 3.09. The molecule has 0 saturated carbocycles. The lowest BCUT2D eigenvalue weighted by Gasteiger charge is -2.32. The highest BCUT2D eigenvalue weighted by Crippen LogP contribution is 2.11. The van der Waals surface area contributed by atoms with Gasteiger partial charge in [0.15, 0.2) is 0 Å². The van der Waals surface area contributed by atoms with E-state index < -0.39 is 12.0 Å². The smallest absolute Gasteiger partial charge is 0.328 e. The van der Waals surface area contributed by atoms with Gasteiger partial charge in [-0.2, -0.15) is 0 Å². The number of hydrogen-bond donors (Lipinski definition) is 1. The van der Waals surface area contributed by atoms with Gasteiger partial charge in [-0.05, 0) is 24.6 Å². The fraction of sp³-hybridized carbons (Fsp3) is 0.364. The van der Waals surface area contributed by atoms with E-state index in [-0.39, 0.29) is 18.6 Å². The largest absolute Gasteiger partial charge is 0.461 e. The normalized spacial score (nSPS) is 18.2. The van der Waals surface area contributed by atoms with Crippen LogP contribution < -0.4 is 5.32 Å². The number of hydrogen-bond acceptors (Lipinski definition) is 5. The van der Waals surface area contributed by atoms with Crippen molar-refractivity contribution in [2.24, 2.45) is 0 Å². The maximum Gasteiger partial charge on any atom is 0.328 e. The molecule has 1 aliphatic rings. The third kappa shape index (κ3) is 5.90. The predicted molar refractivity (Wildman–Crippen MR) is 106 cm³/mol. The number of morpholine rings is 1. The molecule has 0 radical (unpaired) electrons. The minimum Gasteiger partial charge on any atom is -0.461 e. The maximum absolute atomic E-state index is 12.2. The molecular formula is C22H26N2O4. The summed E-state index contributed by atoms with van der Waals surface area (Å²) in [6.45, 7) is 4.80. The van der Waals surface area contributed by atoms with Crippen LogP contribution in [-0.4, -0.2) is 55.2 Å². The summed E-state index contributed by atoms with van der Waals surface area (Å²) < 4.78 is 11.1. The number of rotatable bonds is 7. The molecule has 3 rings (SSSR count). The Labute approximate surface area is 165 Å². The summed E-state index contributed by atoms with van der Waals surface area (Å²) in [6, 6.07) is 18.3. The zero-order valence-corrected chi connectivity index (χ0v) is 16.0. The van der Waals surface area contributed by atoms with E-state index in [0.717, 1.165) is 13.1 Å². The molecule has 6 heteroatoms. The molecule has 0 spiro atoms. The van der Waals surface area contributed by atoms with Gasteiger partial charge in [-0.25, -0.2) is 4.79 Å². The van der Waals surface area contributed by atoms with E-state index in [1.54, 1.807) is 31.2 Å². The lowest BCUT2D eigenvalue weighted by Crippen LogP contribution is -2.45. The van der Waals surface area contributed by atoms with Crippen LogP contribution in [0.5, 0.6) is 0 Å². The second kappa shape index (κ2) is 10.0. The standard InChI is InChI=1S/C22H26N2O4/c1-17(23-21(25)19-10-6-3-7-11-19)22(26)28-16-20-15-24(12-13-27-20)14-18-8-4-2-5-9-18/h2-11,17,20H,12-16H2,1H3,(H,23,25). The summed E-state index contributed by atoms with van der Waals surface area (Å²) in [5.74, 6) is -0.763. The van der Waals surface area contributed by atoms with Crippen molar-refractivity contribution in [1.29, 1.82) is 0 Å². The summed E-state index contributed by atoms with van der Waals surface area (Å²) in [7, 11) is 0. The van der Waals surface area contributed by atoms with Crippen LogP contribution in [0.3, 0.4) is 0 Å². The van der Waals surface area contributed by atoms with E-state index in [4.69, 9.17) is 9.47 Å². The first kappa shape index (κ1) is 20.0. The SMILES string of the molecule is CC(NC(=O)c1ccccc1)C(=O)OCC1CN(Cc2ccccc2)CCO1. The van der Waals surface area contributed by atoms with Crippen molar-refractivity contribution in [3.63, 3.8) is 0 Å². The molecule has 2 aromatic carbocycles. The highest BCUT2D eigenvalue weighted by atomic mass is 16.6. The Bertz CT molecular complexity index is 767.